The van der Waals surface area contributed by atoms with Gasteiger partial charge in [0.15, 0.2) is 0 Å². The highest BCUT2D eigenvalue weighted by Crippen LogP contribution is 2.22. The van der Waals surface area contributed by atoms with Gasteiger partial charge in [0, 0.05) is 23.2 Å². The number of hydrogen-bond acceptors (Lipinski definition) is 4. The second-order valence-corrected chi connectivity index (χ2v) is 5.63. The highest BCUT2D eigenvalue weighted by atomic mass is 16.5. The Morgan fingerprint density at radius 1 is 1.32 bits per heavy atom. The fourth-order valence-electron chi connectivity index (χ4n) is 2.80. The molecule has 1 N–H and O–H groups in total. The molecule has 0 saturated carbocycles. The molecule has 3 rings (SSSR count). The normalized spacial score (nSPS) is 18.9. The van der Waals surface area contributed by atoms with E-state index in [-0.39, 0.29) is 6.10 Å². The zero-order valence-electron chi connectivity index (χ0n) is 12.7. The molecular formula is C18H20N2O2. The Balaban J connectivity index is 1.78. The fraction of sp³-hybridized carbons (Fsp3) is 0.333. The average molecular weight is 296 g/mol. The topological polar surface area (TPSA) is 51.2 Å². The van der Waals surface area contributed by atoms with Gasteiger partial charge in [0.05, 0.1) is 5.69 Å². The molecule has 114 valence electrons. The number of carbonyl (C=O) groups is 1. The van der Waals surface area contributed by atoms with Crippen LogP contribution in [0.4, 0.5) is 0 Å². The maximum Gasteiger partial charge on any atom is 0.214 e. The van der Waals surface area contributed by atoms with Crippen LogP contribution in [-0.4, -0.2) is 30.0 Å². The summed E-state index contributed by atoms with van der Waals surface area (Å²) in [5.41, 5.74) is 2.38. The molecule has 1 unspecified atom stereocenters. The van der Waals surface area contributed by atoms with Crippen LogP contribution >= 0.6 is 0 Å². The molecule has 22 heavy (non-hydrogen) atoms. The quantitative estimate of drug-likeness (QED) is 0.862. The van der Waals surface area contributed by atoms with Gasteiger partial charge in [0.1, 0.15) is 12.4 Å². The van der Waals surface area contributed by atoms with Gasteiger partial charge in [-0.15, -0.1) is 0 Å². The Kier molecular flexibility index (Phi) is 4.49. The third-order valence-electron chi connectivity index (χ3n) is 4.01. The first kappa shape index (κ1) is 14.7. The molecule has 1 aliphatic rings. The number of ether oxygens (including phenoxy) is 1. The van der Waals surface area contributed by atoms with Crippen molar-refractivity contribution in [3.8, 4) is 17.1 Å². The molecule has 2 heterocycles. The molecule has 1 aromatic carbocycles. The van der Waals surface area contributed by atoms with E-state index in [2.05, 4.69) is 17.2 Å². The zero-order valence-corrected chi connectivity index (χ0v) is 12.7. The van der Waals surface area contributed by atoms with Gasteiger partial charge in [-0.1, -0.05) is 24.3 Å². The Morgan fingerprint density at radius 2 is 2.18 bits per heavy atom. The van der Waals surface area contributed by atoms with Crippen molar-refractivity contribution in [2.45, 2.75) is 31.9 Å². The van der Waals surface area contributed by atoms with Gasteiger partial charge in [-0.25, -0.2) is 4.98 Å². The number of nitrogens with one attached hydrogen (secondary N) is 1. The van der Waals surface area contributed by atoms with Gasteiger partial charge in [-0.3, -0.25) is 4.79 Å². The van der Waals surface area contributed by atoms with Gasteiger partial charge in [-0.05, 0) is 38.4 Å². The lowest BCUT2D eigenvalue weighted by Crippen LogP contribution is -2.36. The summed E-state index contributed by atoms with van der Waals surface area (Å²) in [6.07, 6.45) is 3.27. The number of hydrogen-bond donors (Lipinski definition) is 1. The van der Waals surface area contributed by atoms with E-state index in [0.29, 0.717) is 17.5 Å². The SMILES string of the molecule is C[C@@H](Oc1cccc(-c2cccc(C=O)c2)n1)C1CCCN1. The van der Waals surface area contributed by atoms with Crippen molar-refractivity contribution in [2.75, 3.05) is 6.54 Å². The molecule has 0 amide bonds. The smallest absolute Gasteiger partial charge is 0.214 e. The Morgan fingerprint density at radius 3 is 2.95 bits per heavy atom. The standard InChI is InChI=1S/C18H20N2O2/c1-13(16-8-4-10-19-16)22-18-9-3-7-17(20-18)15-6-2-5-14(11-15)12-21/h2-3,5-7,9,11-13,16,19H,4,8,10H2,1H3/t13-,16?/m1/s1. The minimum atomic E-state index is 0.0894. The third-order valence-corrected chi connectivity index (χ3v) is 4.01. The summed E-state index contributed by atoms with van der Waals surface area (Å²) >= 11 is 0. The summed E-state index contributed by atoms with van der Waals surface area (Å²) in [6, 6.07) is 13.5. The van der Waals surface area contributed by atoms with Crippen molar-refractivity contribution in [3.63, 3.8) is 0 Å². The largest absolute Gasteiger partial charge is 0.473 e. The van der Waals surface area contributed by atoms with Crippen molar-refractivity contribution >= 4 is 6.29 Å². The van der Waals surface area contributed by atoms with Gasteiger partial charge < -0.3 is 10.1 Å². The van der Waals surface area contributed by atoms with E-state index in [1.54, 1.807) is 6.07 Å². The number of pyridine rings is 1. The summed E-state index contributed by atoms with van der Waals surface area (Å²) in [7, 11) is 0. The second-order valence-electron chi connectivity index (χ2n) is 5.63. The summed E-state index contributed by atoms with van der Waals surface area (Å²) in [6.45, 7) is 3.13. The molecule has 1 aliphatic heterocycles. The van der Waals surface area contributed by atoms with E-state index >= 15 is 0 Å². The van der Waals surface area contributed by atoms with Crippen molar-refractivity contribution in [2.24, 2.45) is 0 Å². The van der Waals surface area contributed by atoms with Crippen molar-refractivity contribution < 1.29 is 9.53 Å². The average Bonchev–Trinajstić information content (AvgIpc) is 3.10. The molecule has 1 fully saturated rings. The van der Waals surface area contributed by atoms with Crippen LogP contribution in [0.2, 0.25) is 0 Å². The van der Waals surface area contributed by atoms with Gasteiger partial charge in [0.2, 0.25) is 5.88 Å². The molecule has 2 aromatic rings. The number of aromatic nitrogens is 1. The lowest BCUT2D eigenvalue weighted by atomic mass is 10.1. The molecule has 0 bridgehead atoms. The fourth-order valence-corrected chi connectivity index (χ4v) is 2.80. The van der Waals surface area contributed by atoms with E-state index in [9.17, 15) is 4.79 Å². The predicted molar refractivity (Wildman–Crippen MR) is 86.2 cm³/mol. The molecule has 0 spiro atoms. The number of rotatable bonds is 5. The van der Waals surface area contributed by atoms with Crippen LogP contribution in [0, 0.1) is 0 Å². The monoisotopic (exact) mass is 296 g/mol. The van der Waals surface area contributed by atoms with Crippen LogP contribution < -0.4 is 10.1 Å². The van der Waals surface area contributed by atoms with Crippen LogP contribution in [0.15, 0.2) is 42.5 Å². The zero-order chi connectivity index (χ0) is 15.4. The van der Waals surface area contributed by atoms with Crippen molar-refractivity contribution in [1.29, 1.82) is 0 Å². The molecule has 4 heteroatoms. The van der Waals surface area contributed by atoms with Crippen LogP contribution in [0.3, 0.4) is 0 Å². The first-order valence-corrected chi connectivity index (χ1v) is 7.69. The van der Waals surface area contributed by atoms with Crippen LogP contribution in [0.1, 0.15) is 30.1 Å². The van der Waals surface area contributed by atoms with Gasteiger partial charge in [-0.2, -0.15) is 0 Å². The van der Waals surface area contributed by atoms with E-state index in [4.69, 9.17) is 4.74 Å². The molecule has 1 aromatic heterocycles. The Labute approximate surface area is 130 Å². The van der Waals surface area contributed by atoms with Crippen molar-refractivity contribution in [3.05, 3.63) is 48.0 Å². The predicted octanol–water partition coefficient (Wildman–Crippen LogP) is 3.08. The van der Waals surface area contributed by atoms with Crippen LogP contribution in [0.5, 0.6) is 5.88 Å². The third kappa shape index (κ3) is 3.34. The van der Waals surface area contributed by atoms with Gasteiger partial charge in [0.25, 0.3) is 0 Å². The number of carbonyl (C=O) groups excluding carboxylic acids is 1. The van der Waals surface area contributed by atoms with Crippen LogP contribution in [-0.2, 0) is 0 Å². The second kappa shape index (κ2) is 6.71. The maximum atomic E-state index is 10.9. The number of aldehydes is 1. The Bertz CT molecular complexity index is 651. The molecule has 2 atom stereocenters. The Hall–Kier alpha value is -2.20. The lowest BCUT2D eigenvalue weighted by molar-refractivity contribution is 0.112. The van der Waals surface area contributed by atoms with Crippen LogP contribution in [0.25, 0.3) is 11.3 Å². The van der Waals surface area contributed by atoms with Crippen molar-refractivity contribution in [1.82, 2.24) is 10.3 Å². The van der Waals surface area contributed by atoms with E-state index in [0.717, 1.165) is 30.5 Å². The van der Waals surface area contributed by atoms with E-state index in [1.807, 2.05) is 36.4 Å². The molecule has 0 aliphatic carbocycles. The minimum absolute atomic E-state index is 0.0894. The van der Waals surface area contributed by atoms with Gasteiger partial charge >= 0.3 is 0 Å². The van der Waals surface area contributed by atoms with E-state index in [1.165, 1.54) is 6.42 Å². The highest BCUT2D eigenvalue weighted by molar-refractivity contribution is 5.78. The summed E-state index contributed by atoms with van der Waals surface area (Å²) in [5, 5.41) is 3.45. The molecule has 1 saturated heterocycles. The first-order valence-electron chi connectivity index (χ1n) is 7.69. The highest BCUT2D eigenvalue weighted by Gasteiger charge is 2.22. The number of nitrogens with zero attached hydrogens (tertiary/aromatic N) is 1. The number of benzene rings is 1. The summed E-state index contributed by atoms with van der Waals surface area (Å²) in [5.74, 6) is 0.621. The summed E-state index contributed by atoms with van der Waals surface area (Å²) < 4.78 is 5.97. The molecular weight excluding hydrogens is 276 g/mol. The lowest BCUT2D eigenvalue weighted by Gasteiger charge is -2.20. The first-order chi connectivity index (χ1) is 10.8. The minimum Gasteiger partial charge on any atom is -0.473 e. The summed E-state index contributed by atoms with van der Waals surface area (Å²) in [4.78, 5) is 15.5. The molecule has 4 nitrogen and oxygen atoms in total. The maximum absolute atomic E-state index is 10.9. The van der Waals surface area contributed by atoms with E-state index < -0.39 is 0 Å². The molecule has 0 radical (unpaired) electrons.